The SMILES string of the molecule is NC(CC(=O)N1CCn2c(nnc2C(F)(F)F)C1)Cc1n[nH]c2c(F)c(F)ccc12. The molecule has 1 atom stereocenters. The van der Waals surface area contributed by atoms with E-state index in [9.17, 15) is 26.7 Å². The van der Waals surface area contributed by atoms with Gasteiger partial charge in [0.05, 0.1) is 12.2 Å². The van der Waals surface area contributed by atoms with Crippen molar-refractivity contribution in [1.29, 1.82) is 0 Å². The number of carbonyl (C=O) groups excluding carboxylic acids is 1. The van der Waals surface area contributed by atoms with Gasteiger partial charge in [0.15, 0.2) is 17.5 Å². The highest BCUT2D eigenvalue weighted by atomic mass is 19.4. The number of rotatable bonds is 4. The van der Waals surface area contributed by atoms with E-state index in [0.29, 0.717) is 11.1 Å². The van der Waals surface area contributed by atoms with Crippen molar-refractivity contribution in [1.82, 2.24) is 29.9 Å². The number of halogens is 5. The first-order valence-electron chi connectivity index (χ1n) is 8.98. The maximum absolute atomic E-state index is 13.8. The van der Waals surface area contributed by atoms with Crippen molar-refractivity contribution in [3.63, 3.8) is 0 Å². The van der Waals surface area contributed by atoms with Crippen molar-refractivity contribution in [2.75, 3.05) is 6.54 Å². The van der Waals surface area contributed by atoms with Gasteiger partial charge in [-0.05, 0) is 12.1 Å². The molecule has 1 aliphatic heterocycles. The van der Waals surface area contributed by atoms with Crippen LogP contribution >= 0.6 is 0 Å². The monoisotopic (exact) mass is 429 g/mol. The Bertz CT molecular complexity index is 1110. The second kappa shape index (κ2) is 7.31. The molecule has 0 saturated heterocycles. The Labute approximate surface area is 165 Å². The molecular formula is C17H16F5N7O. The van der Waals surface area contributed by atoms with Gasteiger partial charge in [0.2, 0.25) is 11.7 Å². The van der Waals surface area contributed by atoms with Crippen molar-refractivity contribution < 1.29 is 26.7 Å². The minimum Gasteiger partial charge on any atom is -0.333 e. The number of aromatic nitrogens is 5. The predicted octanol–water partition coefficient (Wildman–Crippen LogP) is 1.75. The number of nitrogens with two attached hydrogens (primary N) is 1. The van der Waals surface area contributed by atoms with Gasteiger partial charge in [0.1, 0.15) is 5.52 Å². The molecule has 1 unspecified atom stereocenters. The van der Waals surface area contributed by atoms with Crippen LogP contribution in [0.3, 0.4) is 0 Å². The van der Waals surface area contributed by atoms with E-state index < -0.39 is 29.7 Å². The van der Waals surface area contributed by atoms with Gasteiger partial charge in [-0.25, -0.2) is 8.78 Å². The lowest BCUT2D eigenvalue weighted by atomic mass is 10.0. The molecule has 0 fully saturated rings. The molecule has 160 valence electrons. The van der Waals surface area contributed by atoms with E-state index in [1.807, 2.05) is 0 Å². The fourth-order valence-electron chi connectivity index (χ4n) is 3.49. The van der Waals surface area contributed by atoms with Crippen LogP contribution in [0.1, 0.15) is 23.8 Å². The van der Waals surface area contributed by atoms with Crippen LogP contribution < -0.4 is 5.73 Å². The van der Waals surface area contributed by atoms with Crippen molar-refractivity contribution >= 4 is 16.8 Å². The zero-order valence-corrected chi connectivity index (χ0v) is 15.4. The Morgan fingerprint density at radius 2 is 2.00 bits per heavy atom. The third-order valence-corrected chi connectivity index (χ3v) is 4.96. The molecule has 0 aliphatic carbocycles. The van der Waals surface area contributed by atoms with Gasteiger partial charge >= 0.3 is 6.18 Å². The summed E-state index contributed by atoms with van der Waals surface area (Å²) in [5, 5.41) is 13.4. The zero-order chi connectivity index (χ0) is 21.6. The van der Waals surface area contributed by atoms with Gasteiger partial charge in [-0.2, -0.15) is 18.3 Å². The van der Waals surface area contributed by atoms with Crippen LogP contribution in [-0.2, 0) is 30.5 Å². The molecule has 13 heteroatoms. The second-order valence-electron chi connectivity index (χ2n) is 7.03. The topological polar surface area (TPSA) is 106 Å². The summed E-state index contributed by atoms with van der Waals surface area (Å²) >= 11 is 0. The van der Waals surface area contributed by atoms with Crippen LogP contribution in [-0.4, -0.2) is 48.4 Å². The van der Waals surface area contributed by atoms with Gasteiger partial charge in [0.25, 0.3) is 0 Å². The number of benzene rings is 1. The molecule has 1 aliphatic rings. The van der Waals surface area contributed by atoms with Crippen LogP contribution in [0.15, 0.2) is 12.1 Å². The first-order chi connectivity index (χ1) is 14.1. The standard InChI is InChI=1S/C17H16F5N7O/c18-10-2-1-9-11(24-26-15(9)14(10)19)5-8(23)6-13(30)28-3-4-29-12(7-28)25-27-16(29)17(20,21)22/h1-2,8H,3-7,23H2,(H,24,26). The third kappa shape index (κ3) is 3.60. The van der Waals surface area contributed by atoms with Crippen LogP contribution in [0.25, 0.3) is 10.9 Å². The van der Waals surface area contributed by atoms with Crippen LogP contribution in [0.4, 0.5) is 22.0 Å². The number of aromatic amines is 1. The predicted molar refractivity (Wildman–Crippen MR) is 92.7 cm³/mol. The normalized spacial score (nSPS) is 15.5. The van der Waals surface area contributed by atoms with Crippen molar-refractivity contribution in [3.8, 4) is 0 Å². The Balaban J connectivity index is 1.41. The molecular weight excluding hydrogens is 413 g/mol. The molecule has 0 radical (unpaired) electrons. The summed E-state index contributed by atoms with van der Waals surface area (Å²) in [5.74, 6) is -3.46. The summed E-state index contributed by atoms with van der Waals surface area (Å²) in [6, 6.07) is 1.67. The van der Waals surface area contributed by atoms with Gasteiger partial charge < -0.3 is 15.2 Å². The Hall–Kier alpha value is -3.09. The van der Waals surface area contributed by atoms with E-state index in [4.69, 9.17) is 5.73 Å². The molecule has 0 bridgehead atoms. The van der Waals surface area contributed by atoms with Crippen molar-refractivity contribution in [2.45, 2.75) is 38.1 Å². The van der Waals surface area contributed by atoms with Gasteiger partial charge in [0, 0.05) is 37.4 Å². The van der Waals surface area contributed by atoms with E-state index >= 15 is 0 Å². The molecule has 2 aromatic heterocycles. The average Bonchev–Trinajstić information content (AvgIpc) is 3.28. The second-order valence-corrected chi connectivity index (χ2v) is 7.03. The number of alkyl halides is 3. The number of amides is 1. The smallest absolute Gasteiger partial charge is 0.333 e. The van der Waals surface area contributed by atoms with E-state index in [0.717, 1.165) is 10.6 Å². The van der Waals surface area contributed by atoms with Crippen LogP contribution in [0, 0.1) is 11.6 Å². The Morgan fingerprint density at radius 3 is 2.73 bits per heavy atom. The lowest BCUT2D eigenvalue weighted by molar-refractivity contribution is -0.148. The number of hydrogen-bond acceptors (Lipinski definition) is 5. The average molecular weight is 429 g/mol. The lowest BCUT2D eigenvalue weighted by Gasteiger charge is -2.28. The fraction of sp³-hybridized carbons (Fsp3) is 0.412. The molecule has 1 amide bonds. The summed E-state index contributed by atoms with van der Waals surface area (Å²) in [6.45, 7) is -0.118. The number of H-pyrrole nitrogens is 1. The zero-order valence-electron chi connectivity index (χ0n) is 15.4. The number of nitrogens with zero attached hydrogens (tertiary/aromatic N) is 5. The molecule has 4 rings (SSSR count). The van der Waals surface area contributed by atoms with Crippen molar-refractivity contribution in [3.05, 3.63) is 41.1 Å². The number of hydrogen-bond donors (Lipinski definition) is 2. The molecule has 1 aromatic carbocycles. The molecule has 0 saturated carbocycles. The fourth-order valence-corrected chi connectivity index (χ4v) is 3.49. The van der Waals surface area contributed by atoms with Gasteiger partial charge in [-0.1, -0.05) is 0 Å². The first kappa shape index (κ1) is 20.2. The summed E-state index contributed by atoms with van der Waals surface area (Å²) < 4.78 is 66.7. The van der Waals surface area contributed by atoms with Crippen LogP contribution in [0.2, 0.25) is 0 Å². The van der Waals surface area contributed by atoms with E-state index in [1.165, 1.54) is 11.0 Å². The Morgan fingerprint density at radius 1 is 1.23 bits per heavy atom. The van der Waals surface area contributed by atoms with Crippen molar-refractivity contribution in [2.24, 2.45) is 5.73 Å². The molecule has 30 heavy (non-hydrogen) atoms. The highest BCUT2D eigenvalue weighted by Gasteiger charge is 2.40. The molecule has 3 heterocycles. The largest absolute Gasteiger partial charge is 0.451 e. The minimum atomic E-state index is -4.62. The van der Waals surface area contributed by atoms with E-state index in [1.54, 1.807) is 0 Å². The summed E-state index contributed by atoms with van der Waals surface area (Å²) in [6.07, 6.45) is -4.59. The van der Waals surface area contributed by atoms with Gasteiger partial charge in [-0.15, -0.1) is 10.2 Å². The van der Waals surface area contributed by atoms with Crippen LogP contribution in [0.5, 0.6) is 0 Å². The highest BCUT2D eigenvalue weighted by molar-refractivity contribution is 5.82. The summed E-state index contributed by atoms with van der Waals surface area (Å²) in [5.41, 5.74) is 6.34. The van der Waals surface area contributed by atoms with E-state index in [2.05, 4.69) is 20.4 Å². The summed E-state index contributed by atoms with van der Waals surface area (Å²) in [7, 11) is 0. The van der Waals surface area contributed by atoms with Gasteiger partial charge in [-0.3, -0.25) is 9.89 Å². The third-order valence-electron chi connectivity index (χ3n) is 4.96. The Kier molecular flexibility index (Phi) is 4.92. The number of carbonyl (C=O) groups is 1. The van der Waals surface area contributed by atoms with E-state index in [-0.39, 0.29) is 49.7 Å². The number of nitrogens with one attached hydrogen (secondary N) is 1. The highest BCUT2D eigenvalue weighted by Crippen LogP contribution is 2.29. The summed E-state index contributed by atoms with van der Waals surface area (Å²) in [4.78, 5) is 13.9. The quantitative estimate of drug-likeness (QED) is 0.615. The molecule has 3 N–H and O–H groups in total. The maximum Gasteiger partial charge on any atom is 0.451 e. The molecule has 3 aromatic rings. The first-order valence-corrected chi connectivity index (χ1v) is 8.98. The number of fused-ring (bicyclic) bond motifs is 2. The molecule has 8 nitrogen and oxygen atoms in total. The minimum absolute atomic E-state index is 0.0475. The lowest BCUT2D eigenvalue weighted by Crippen LogP contribution is -2.42. The maximum atomic E-state index is 13.8. The molecule has 0 spiro atoms.